The summed E-state index contributed by atoms with van der Waals surface area (Å²) in [6.07, 6.45) is -0.107. The third-order valence-corrected chi connectivity index (χ3v) is 5.32. The van der Waals surface area contributed by atoms with Crippen LogP contribution in [0.3, 0.4) is 0 Å². The molecule has 1 heterocycles. The van der Waals surface area contributed by atoms with E-state index in [0.29, 0.717) is 12.2 Å². The molecule has 0 radical (unpaired) electrons. The first-order chi connectivity index (χ1) is 15.6. The van der Waals surface area contributed by atoms with Crippen LogP contribution in [-0.4, -0.2) is 29.1 Å². The lowest BCUT2D eigenvalue weighted by molar-refractivity contribution is 0.0697. The molecule has 3 aromatic carbocycles. The van der Waals surface area contributed by atoms with E-state index in [4.69, 9.17) is 14.6 Å². The highest BCUT2D eigenvalue weighted by molar-refractivity contribution is 5.87. The zero-order valence-electron chi connectivity index (χ0n) is 19.0. The van der Waals surface area contributed by atoms with Gasteiger partial charge < -0.3 is 14.6 Å². The van der Waals surface area contributed by atoms with Gasteiger partial charge in [-0.05, 0) is 47.5 Å². The summed E-state index contributed by atoms with van der Waals surface area (Å²) < 4.78 is 11.9. The van der Waals surface area contributed by atoms with Gasteiger partial charge in [0.15, 0.2) is 17.6 Å². The van der Waals surface area contributed by atoms with Crippen LogP contribution in [0.1, 0.15) is 53.9 Å². The summed E-state index contributed by atoms with van der Waals surface area (Å²) >= 11 is 0. The predicted molar refractivity (Wildman–Crippen MR) is 126 cm³/mol. The Labute approximate surface area is 190 Å². The van der Waals surface area contributed by atoms with E-state index in [1.807, 2.05) is 50.2 Å². The third-order valence-electron chi connectivity index (χ3n) is 5.32. The number of nitrogens with zero attached hydrogens (tertiary/aromatic N) is 1. The fourth-order valence-corrected chi connectivity index (χ4v) is 3.57. The van der Waals surface area contributed by atoms with Crippen LogP contribution in [0.5, 0.6) is 11.5 Å². The molecule has 5 heteroatoms. The smallest absolute Gasteiger partial charge is 0.335 e. The van der Waals surface area contributed by atoms with Crippen molar-refractivity contribution in [1.82, 2.24) is 4.90 Å². The van der Waals surface area contributed by atoms with Gasteiger partial charge in [0.25, 0.3) is 0 Å². The maximum atomic E-state index is 11.0. The molecule has 0 amide bonds. The van der Waals surface area contributed by atoms with E-state index < -0.39 is 5.97 Å². The molecule has 0 saturated carbocycles. The van der Waals surface area contributed by atoms with E-state index in [2.05, 4.69) is 36.1 Å². The Hall–Kier alpha value is -3.31. The molecule has 0 aliphatic carbocycles. The van der Waals surface area contributed by atoms with Crippen molar-refractivity contribution in [3.05, 3.63) is 95.1 Å². The molecular formula is C27H31NO4. The third kappa shape index (κ3) is 5.89. The van der Waals surface area contributed by atoms with Gasteiger partial charge in [-0.2, -0.15) is 0 Å². The predicted octanol–water partition coefficient (Wildman–Crippen LogP) is 5.95. The van der Waals surface area contributed by atoms with Crippen molar-refractivity contribution in [3.8, 4) is 11.5 Å². The first-order valence-corrected chi connectivity index (χ1v) is 11.1. The van der Waals surface area contributed by atoms with Gasteiger partial charge in [0.1, 0.15) is 6.61 Å². The Morgan fingerprint density at radius 2 is 1.47 bits per heavy atom. The molecule has 4 rings (SSSR count). The Morgan fingerprint density at radius 3 is 2.03 bits per heavy atom. The number of hydrogen-bond donors (Lipinski definition) is 1. The van der Waals surface area contributed by atoms with Crippen molar-refractivity contribution >= 4 is 5.97 Å². The normalized spacial score (nSPS) is 14.4. The van der Waals surface area contributed by atoms with Crippen molar-refractivity contribution in [2.75, 3.05) is 13.2 Å². The lowest BCUT2D eigenvalue weighted by atomic mass is 10.1. The standard InChI is InChI=1S/C25H25NO4.C2H6/c1-2-26(16-19-9-13-21(14-10-19)25(27)28)15-18-7-11-20(12-8-18)24-17-29-22-5-3-4-6-23(22)30-24;1-2/h3-14,24H,2,15-17H2,1H3,(H,27,28);1-2H3. The van der Waals surface area contributed by atoms with Gasteiger partial charge in [-0.15, -0.1) is 0 Å². The van der Waals surface area contributed by atoms with E-state index in [-0.39, 0.29) is 6.10 Å². The molecule has 168 valence electrons. The van der Waals surface area contributed by atoms with E-state index in [1.165, 1.54) is 5.56 Å². The maximum absolute atomic E-state index is 11.0. The highest BCUT2D eigenvalue weighted by Crippen LogP contribution is 2.35. The minimum absolute atomic E-state index is 0.107. The second kappa shape index (κ2) is 11.3. The van der Waals surface area contributed by atoms with E-state index >= 15 is 0 Å². The van der Waals surface area contributed by atoms with Crippen LogP contribution >= 0.6 is 0 Å². The van der Waals surface area contributed by atoms with Crippen LogP contribution in [0.2, 0.25) is 0 Å². The molecule has 32 heavy (non-hydrogen) atoms. The van der Waals surface area contributed by atoms with Gasteiger partial charge in [0, 0.05) is 13.1 Å². The molecule has 1 N–H and O–H groups in total. The Balaban J connectivity index is 0.00000141. The molecule has 1 unspecified atom stereocenters. The van der Waals surface area contributed by atoms with Crippen LogP contribution in [0.25, 0.3) is 0 Å². The second-order valence-corrected chi connectivity index (χ2v) is 7.41. The molecule has 1 aliphatic heterocycles. The molecule has 0 spiro atoms. The number of aromatic carboxylic acids is 1. The highest BCUT2D eigenvalue weighted by Gasteiger charge is 2.22. The number of carbonyl (C=O) groups is 1. The SMILES string of the molecule is CC.CCN(Cc1ccc(C(=O)O)cc1)Cc1ccc(C2COc3ccccc3O2)cc1. The van der Waals surface area contributed by atoms with Gasteiger partial charge in [0.05, 0.1) is 5.56 Å². The minimum Gasteiger partial charge on any atom is -0.485 e. The molecule has 0 aromatic heterocycles. The summed E-state index contributed by atoms with van der Waals surface area (Å²) in [6.45, 7) is 9.13. The fourth-order valence-electron chi connectivity index (χ4n) is 3.57. The zero-order chi connectivity index (χ0) is 22.9. The topological polar surface area (TPSA) is 59.0 Å². The van der Waals surface area contributed by atoms with Crippen LogP contribution in [0.4, 0.5) is 0 Å². The lowest BCUT2D eigenvalue weighted by Crippen LogP contribution is -2.23. The van der Waals surface area contributed by atoms with E-state index in [0.717, 1.165) is 42.3 Å². The molecular weight excluding hydrogens is 402 g/mol. The van der Waals surface area contributed by atoms with Crippen molar-refractivity contribution < 1.29 is 19.4 Å². The van der Waals surface area contributed by atoms with Crippen LogP contribution < -0.4 is 9.47 Å². The summed E-state index contributed by atoms with van der Waals surface area (Å²) in [4.78, 5) is 13.3. The van der Waals surface area contributed by atoms with E-state index in [9.17, 15) is 4.79 Å². The van der Waals surface area contributed by atoms with Gasteiger partial charge in [-0.1, -0.05) is 69.3 Å². The summed E-state index contributed by atoms with van der Waals surface area (Å²) in [7, 11) is 0. The molecule has 3 aromatic rings. The van der Waals surface area contributed by atoms with Crippen molar-refractivity contribution in [3.63, 3.8) is 0 Å². The van der Waals surface area contributed by atoms with Crippen molar-refractivity contribution in [2.45, 2.75) is 40.0 Å². The van der Waals surface area contributed by atoms with E-state index in [1.54, 1.807) is 12.1 Å². The number of fused-ring (bicyclic) bond motifs is 1. The average molecular weight is 434 g/mol. The molecule has 1 atom stereocenters. The molecule has 0 bridgehead atoms. The second-order valence-electron chi connectivity index (χ2n) is 7.41. The summed E-state index contributed by atoms with van der Waals surface area (Å²) in [5.74, 6) is 0.675. The molecule has 0 saturated heterocycles. The Kier molecular flexibility index (Phi) is 8.28. The molecule has 0 fully saturated rings. The first-order valence-electron chi connectivity index (χ1n) is 11.1. The minimum atomic E-state index is -0.898. The summed E-state index contributed by atoms with van der Waals surface area (Å²) in [5.41, 5.74) is 3.74. The van der Waals surface area contributed by atoms with Gasteiger partial charge in [-0.3, -0.25) is 4.90 Å². The Morgan fingerprint density at radius 1 is 0.906 bits per heavy atom. The number of rotatable bonds is 7. The van der Waals surface area contributed by atoms with Crippen molar-refractivity contribution in [1.29, 1.82) is 0 Å². The Bertz CT molecular complexity index is 999. The summed E-state index contributed by atoms with van der Waals surface area (Å²) in [6, 6.07) is 23.3. The number of hydrogen-bond acceptors (Lipinski definition) is 4. The van der Waals surface area contributed by atoms with Gasteiger partial charge >= 0.3 is 5.97 Å². The van der Waals surface area contributed by atoms with Crippen LogP contribution in [-0.2, 0) is 13.1 Å². The number of carboxylic acids is 1. The fraction of sp³-hybridized carbons (Fsp3) is 0.296. The average Bonchev–Trinajstić information content (AvgIpc) is 2.85. The number of ether oxygens (including phenoxy) is 2. The van der Waals surface area contributed by atoms with Gasteiger partial charge in [-0.25, -0.2) is 4.79 Å². The van der Waals surface area contributed by atoms with Gasteiger partial charge in [0.2, 0.25) is 0 Å². The summed E-state index contributed by atoms with van der Waals surface area (Å²) in [5, 5.41) is 9.04. The van der Waals surface area contributed by atoms with Crippen molar-refractivity contribution in [2.24, 2.45) is 0 Å². The largest absolute Gasteiger partial charge is 0.485 e. The molecule has 1 aliphatic rings. The quantitative estimate of drug-likeness (QED) is 0.499. The number of carboxylic acid groups (broad SMARTS) is 1. The van der Waals surface area contributed by atoms with Crippen LogP contribution in [0.15, 0.2) is 72.8 Å². The first kappa shape index (κ1) is 23.4. The van der Waals surface area contributed by atoms with Crippen LogP contribution in [0, 0.1) is 0 Å². The number of para-hydroxylation sites is 2. The molecule has 5 nitrogen and oxygen atoms in total. The lowest BCUT2D eigenvalue weighted by Gasteiger charge is -2.27. The zero-order valence-corrected chi connectivity index (χ0v) is 19.0. The number of benzene rings is 3. The maximum Gasteiger partial charge on any atom is 0.335 e. The monoisotopic (exact) mass is 433 g/mol. The highest BCUT2D eigenvalue weighted by atomic mass is 16.6.